The van der Waals surface area contributed by atoms with Gasteiger partial charge in [-0.1, -0.05) is 0 Å². The molecular weight excluding hydrogens is 349 g/mol. The molecule has 0 atom stereocenters. The van der Waals surface area contributed by atoms with Gasteiger partial charge in [0.15, 0.2) is 5.65 Å². The Labute approximate surface area is 154 Å². The Morgan fingerprint density at radius 1 is 1.22 bits per heavy atom. The van der Waals surface area contributed by atoms with Crippen LogP contribution in [0.2, 0.25) is 0 Å². The van der Waals surface area contributed by atoms with E-state index >= 15 is 0 Å². The number of nitrogens with zero attached hydrogens (tertiary/aromatic N) is 4. The summed E-state index contributed by atoms with van der Waals surface area (Å²) >= 11 is 0. The number of nitrogens with one attached hydrogen (secondary N) is 1. The maximum atomic E-state index is 14.3. The molecule has 138 valence electrons. The first kappa shape index (κ1) is 16.0. The molecule has 5 rings (SSSR count). The zero-order valence-electron chi connectivity index (χ0n) is 14.6. The van der Waals surface area contributed by atoms with Crippen LogP contribution in [0, 0.1) is 5.82 Å². The molecule has 8 heteroatoms. The second-order valence-electron chi connectivity index (χ2n) is 6.59. The topological polar surface area (TPSA) is 73.6 Å². The second kappa shape index (κ2) is 6.53. The standard InChI is InChI=1S/C19H18FN5O2/c20-16-3-4-17-13(5-7-27-17)15(16)9-22-19-21-8-14(12-2-1-6-26-10-12)18-24-23-11-25(18)19/h3-4,8,10-11H,1-2,5-7,9H2,(H,21,22). The lowest BCUT2D eigenvalue weighted by molar-refractivity contribution is 0.235. The minimum absolute atomic E-state index is 0.243. The van der Waals surface area contributed by atoms with Gasteiger partial charge in [0.05, 0.1) is 19.5 Å². The number of allylic oxidation sites excluding steroid dienone is 1. The summed E-state index contributed by atoms with van der Waals surface area (Å²) in [6, 6.07) is 3.13. The first-order valence-corrected chi connectivity index (χ1v) is 8.98. The number of hydrogen-bond acceptors (Lipinski definition) is 6. The molecule has 0 spiro atoms. The molecule has 3 aromatic rings. The highest BCUT2D eigenvalue weighted by molar-refractivity contribution is 5.75. The van der Waals surface area contributed by atoms with Crippen LogP contribution in [0.3, 0.4) is 0 Å². The van der Waals surface area contributed by atoms with Gasteiger partial charge in [-0.15, -0.1) is 10.2 Å². The van der Waals surface area contributed by atoms with Crippen LogP contribution in [-0.4, -0.2) is 32.8 Å². The Bertz CT molecular complexity index is 1050. The van der Waals surface area contributed by atoms with Crippen molar-refractivity contribution >= 4 is 17.2 Å². The van der Waals surface area contributed by atoms with Gasteiger partial charge in [0.1, 0.15) is 17.9 Å². The molecule has 0 saturated heterocycles. The van der Waals surface area contributed by atoms with Crippen molar-refractivity contribution in [3.63, 3.8) is 0 Å². The highest BCUT2D eigenvalue weighted by atomic mass is 19.1. The van der Waals surface area contributed by atoms with E-state index in [0.717, 1.165) is 41.9 Å². The molecule has 4 heterocycles. The van der Waals surface area contributed by atoms with E-state index < -0.39 is 0 Å². The van der Waals surface area contributed by atoms with E-state index in [9.17, 15) is 4.39 Å². The molecule has 7 nitrogen and oxygen atoms in total. The summed E-state index contributed by atoms with van der Waals surface area (Å²) in [5, 5.41) is 11.5. The van der Waals surface area contributed by atoms with Crippen molar-refractivity contribution in [1.82, 2.24) is 19.6 Å². The predicted octanol–water partition coefficient (Wildman–Crippen LogP) is 2.96. The molecule has 2 aliphatic heterocycles. The van der Waals surface area contributed by atoms with Crippen molar-refractivity contribution < 1.29 is 13.9 Å². The quantitative estimate of drug-likeness (QED) is 0.764. The Balaban J connectivity index is 1.46. The molecular formula is C19H18FN5O2. The fourth-order valence-electron chi connectivity index (χ4n) is 3.61. The molecule has 0 amide bonds. The summed E-state index contributed by atoms with van der Waals surface area (Å²) in [6.45, 7) is 1.63. The van der Waals surface area contributed by atoms with Gasteiger partial charge < -0.3 is 14.8 Å². The van der Waals surface area contributed by atoms with Crippen LogP contribution >= 0.6 is 0 Å². The average molecular weight is 367 g/mol. The average Bonchev–Trinajstić information content (AvgIpc) is 3.37. The molecule has 1 N–H and O–H groups in total. The Morgan fingerprint density at radius 3 is 3.07 bits per heavy atom. The first-order valence-electron chi connectivity index (χ1n) is 8.98. The summed E-state index contributed by atoms with van der Waals surface area (Å²) in [6.07, 6.45) is 7.73. The lowest BCUT2D eigenvalue weighted by Gasteiger charge is -2.15. The lowest BCUT2D eigenvalue weighted by Crippen LogP contribution is -2.10. The zero-order chi connectivity index (χ0) is 18.2. The van der Waals surface area contributed by atoms with Crippen LogP contribution in [-0.2, 0) is 17.7 Å². The Kier molecular flexibility index (Phi) is 3.88. The second-order valence-corrected chi connectivity index (χ2v) is 6.59. The number of fused-ring (bicyclic) bond motifs is 2. The van der Waals surface area contributed by atoms with Crippen LogP contribution in [0.15, 0.2) is 30.9 Å². The van der Waals surface area contributed by atoms with E-state index in [-0.39, 0.29) is 5.82 Å². The summed E-state index contributed by atoms with van der Waals surface area (Å²) in [5.74, 6) is 1.08. The summed E-state index contributed by atoms with van der Waals surface area (Å²) < 4.78 is 27.1. The van der Waals surface area contributed by atoms with E-state index in [4.69, 9.17) is 9.47 Å². The largest absolute Gasteiger partial charge is 0.501 e. The van der Waals surface area contributed by atoms with Crippen LogP contribution in [0.1, 0.15) is 29.5 Å². The third kappa shape index (κ3) is 2.77. The lowest BCUT2D eigenvalue weighted by atomic mass is 10.0. The molecule has 27 heavy (non-hydrogen) atoms. The number of benzene rings is 1. The molecule has 0 fully saturated rings. The third-order valence-electron chi connectivity index (χ3n) is 4.98. The number of rotatable bonds is 4. The smallest absolute Gasteiger partial charge is 0.210 e. The zero-order valence-corrected chi connectivity index (χ0v) is 14.6. The normalized spacial score (nSPS) is 15.8. The first-order chi connectivity index (χ1) is 13.3. The number of aromatic nitrogens is 4. The fraction of sp³-hybridized carbons (Fsp3) is 0.316. The fourth-order valence-corrected chi connectivity index (χ4v) is 3.61. The van der Waals surface area contributed by atoms with Gasteiger partial charge in [-0.25, -0.2) is 9.37 Å². The molecule has 0 bridgehead atoms. The van der Waals surface area contributed by atoms with Gasteiger partial charge in [-0.3, -0.25) is 4.40 Å². The number of ether oxygens (including phenoxy) is 2. The minimum atomic E-state index is -0.243. The van der Waals surface area contributed by atoms with Crippen molar-refractivity contribution in [3.8, 4) is 5.75 Å². The summed E-state index contributed by atoms with van der Waals surface area (Å²) in [5.41, 5.74) is 4.19. The monoisotopic (exact) mass is 367 g/mol. The molecule has 0 radical (unpaired) electrons. The molecule has 0 unspecified atom stereocenters. The summed E-state index contributed by atoms with van der Waals surface area (Å²) in [7, 11) is 0. The van der Waals surface area contributed by atoms with Gasteiger partial charge in [0.2, 0.25) is 5.95 Å². The van der Waals surface area contributed by atoms with Gasteiger partial charge in [0, 0.05) is 35.9 Å². The van der Waals surface area contributed by atoms with Gasteiger partial charge >= 0.3 is 0 Å². The number of hydrogen-bond donors (Lipinski definition) is 1. The van der Waals surface area contributed by atoms with E-state index in [1.54, 1.807) is 29.3 Å². The van der Waals surface area contributed by atoms with Crippen molar-refractivity contribution in [2.45, 2.75) is 25.8 Å². The van der Waals surface area contributed by atoms with Crippen molar-refractivity contribution in [2.24, 2.45) is 0 Å². The molecule has 2 aliphatic rings. The van der Waals surface area contributed by atoms with E-state index in [0.29, 0.717) is 36.7 Å². The van der Waals surface area contributed by atoms with Gasteiger partial charge in [0.25, 0.3) is 0 Å². The van der Waals surface area contributed by atoms with Gasteiger partial charge in [-0.2, -0.15) is 0 Å². The van der Waals surface area contributed by atoms with E-state index in [1.807, 2.05) is 0 Å². The molecule has 2 aromatic heterocycles. The van der Waals surface area contributed by atoms with E-state index in [1.165, 1.54) is 6.07 Å². The van der Waals surface area contributed by atoms with Crippen LogP contribution in [0.5, 0.6) is 5.75 Å². The van der Waals surface area contributed by atoms with Gasteiger partial charge in [-0.05, 0) is 30.5 Å². The minimum Gasteiger partial charge on any atom is -0.501 e. The number of anilines is 1. The molecule has 1 aromatic carbocycles. The van der Waals surface area contributed by atoms with Crippen molar-refractivity contribution in [1.29, 1.82) is 0 Å². The van der Waals surface area contributed by atoms with Crippen LogP contribution in [0.25, 0.3) is 11.2 Å². The van der Waals surface area contributed by atoms with Crippen molar-refractivity contribution in [2.75, 3.05) is 18.5 Å². The highest BCUT2D eigenvalue weighted by Gasteiger charge is 2.20. The Hall–Kier alpha value is -3.16. The van der Waals surface area contributed by atoms with Crippen molar-refractivity contribution in [3.05, 3.63) is 53.4 Å². The van der Waals surface area contributed by atoms with Crippen LogP contribution in [0.4, 0.5) is 10.3 Å². The third-order valence-corrected chi connectivity index (χ3v) is 4.98. The van der Waals surface area contributed by atoms with E-state index in [2.05, 4.69) is 20.5 Å². The maximum Gasteiger partial charge on any atom is 0.210 e. The molecule has 0 saturated carbocycles. The highest BCUT2D eigenvalue weighted by Crippen LogP contribution is 2.31. The SMILES string of the molecule is Fc1ccc2c(c1CNc1ncc(C3=COCCC3)c3nncn13)CCO2. The van der Waals surface area contributed by atoms with Crippen LogP contribution < -0.4 is 10.1 Å². The predicted molar refractivity (Wildman–Crippen MR) is 96.9 cm³/mol. The maximum absolute atomic E-state index is 14.3. The number of halogens is 1. The Morgan fingerprint density at radius 2 is 2.19 bits per heavy atom. The summed E-state index contributed by atoms with van der Waals surface area (Å²) in [4.78, 5) is 4.51. The molecule has 0 aliphatic carbocycles.